The summed E-state index contributed by atoms with van der Waals surface area (Å²) in [7, 11) is 0. The van der Waals surface area contributed by atoms with Crippen LogP contribution in [0.25, 0.3) is 0 Å². The highest BCUT2D eigenvalue weighted by Gasteiger charge is 2.11. The molecule has 1 heterocycles. The van der Waals surface area contributed by atoms with Crippen molar-refractivity contribution in [3.8, 4) is 0 Å². The molecular weight excluding hydrogens is 258 g/mol. The number of carbonyl (C=O) groups excluding carboxylic acids is 2. The number of hydrogen-bond donors (Lipinski definition) is 1. The Morgan fingerprint density at radius 1 is 1.37 bits per heavy atom. The van der Waals surface area contributed by atoms with Crippen LogP contribution in [0.3, 0.4) is 0 Å². The lowest BCUT2D eigenvalue weighted by Crippen LogP contribution is -2.28. The summed E-state index contributed by atoms with van der Waals surface area (Å²) in [5.74, 6) is -1.05. The Hall–Kier alpha value is -2.51. The molecule has 19 heavy (non-hydrogen) atoms. The number of amides is 1. The van der Waals surface area contributed by atoms with E-state index in [2.05, 4.69) is 25.5 Å². The van der Waals surface area contributed by atoms with Crippen LogP contribution in [0, 0.1) is 6.92 Å². The maximum Gasteiger partial charge on any atom is 0.519 e. The largest absolute Gasteiger partial charge is 0.519 e. The van der Waals surface area contributed by atoms with Gasteiger partial charge in [0.15, 0.2) is 18.1 Å². The second-order valence-corrected chi connectivity index (χ2v) is 3.31. The van der Waals surface area contributed by atoms with E-state index in [0.717, 1.165) is 6.08 Å². The van der Waals surface area contributed by atoms with Crippen molar-refractivity contribution in [2.45, 2.75) is 13.5 Å². The minimum atomic E-state index is -0.854. The minimum absolute atomic E-state index is 0.000224. The van der Waals surface area contributed by atoms with Crippen molar-refractivity contribution in [1.82, 2.24) is 5.32 Å². The van der Waals surface area contributed by atoms with E-state index in [1.165, 1.54) is 6.92 Å². The van der Waals surface area contributed by atoms with Gasteiger partial charge in [-0.2, -0.15) is 0 Å². The summed E-state index contributed by atoms with van der Waals surface area (Å²) in [6, 6.07) is 0. The molecule has 8 nitrogen and oxygen atoms in total. The first-order chi connectivity index (χ1) is 9.02. The molecule has 0 aliphatic heterocycles. The molecule has 8 heteroatoms. The van der Waals surface area contributed by atoms with Gasteiger partial charge in [0.2, 0.25) is 0 Å². The Morgan fingerprint density at radius 3 is 2.68 bits per heavy atom. The number of carbonyl (C=O) groups is 2. The van der Waals surface area contributed by atoms with Gasteiger partial charge in [0.1, 0.15) is 6.61 Å². The van der Waals surface area contributed by atoms with Crippen molar-refractivity contribution in [3.05, 3.63) is 34.8 Å². The lowest BCUT2D eigenvalue weighted by molar-refractivity contribution is -0.137. The van der Waals surface area contributed by atoms with Crippen LogP contribution >= 0.6 is 0 Å². The molecule has 0 radical (unpaired) electrons. The molecule has 1 aromatic rings. The van der Waals surface area contributed by atoms with Crippen LogP contribution in [0.5, 0.6) is 0 Å². The molecule has 1 N–H and O–H groups in total. The summed E-state index contributed by atoms with van der Waals surface area (Å²) < 4.78 is 18.6. The zero-order chi connectivity index (χ0) is 14.3. The van der Waals surface area contributed by atoms with Crippen LogP contribution in [-0.2, 0) is 20.9 Å². The highest BCUT2D eigenvalue weighted by atomic mass is 16.6. The number of rotatable bonds is 6. The van der Waals surface area contributed by atoms with E-state index < -0.39 is 17.9 Å². The van der Waals surface area contributed by atoms with Gasteiger partial charge in [-0.05, 0) is 6.92 Å². The Labute approximate surface area is 108 Å². The van der Waals surface area contributed by atoms with Gasteiger partial charge in [0.25, 0.3) is 0 Å². The molecule has 0 saturated carbocycles. The standard InChI is InChI=1S/C11H13NO7/c1-3-9(13)16-5-4-12-10(14)17-6-8-7(2)18-11(15)19-8/h3H,1,4-6H2,2H3,(H,12,14). The molecule has 1 rings (SSSR count). The van der Waals surface area contributed by atoms with E-state index in [1.807, 2.05) is 0 Å². The number of hydrogen-bond acceptors (Lipinski definition) is 7. The van der Waals surface area contributed by atoms with Crippen molar-refractivity contribution in [2.24, 2.45) is 0 Å². The molecule has 0 saturated heterocycles. The molecule has 0 aliphatic carbocycles. The quantitative estimate of drug-likeness (QED) is 0.455. The van der Waals surface area contributed by atoms with E-state index in [9.17, 15) is 14.4 Å². The van der Waals surface area contributed by atoms with Crippen molar-refractivity contribution in [3.63, 3.8) is 0 Å². The number of alkyl carbamates (subject to hydrolysis) is 1. The van der Waals surface area contributed by atoms with E-state index in [4.69, 9.17) is 4.74 Å². The van der Waals surface area contributed by atoms with Gasteiger partial charge in [-0.1, -0.05) is 6.58 Å². The fourth-order valence-corrected chi connectivity index (χ4v) is 1.05. The van der Waals surface area contributed by atoms with Crippen LogP contribution in [0.4, 0.5) is 4.79 Å². The Morgan fingerprint density at radius 2 is 2.11 bits per heavy atom. The summed E-state index contributed by atoms with van der Waals surface area (Å²) in [5, 5.41) is 2.34. The molecule has 0 aliphatic rings. The van der Waals surface area contributed by atoms with Gasteiger partial charge in [-0.25, -0.2) is 14.4 Å². The van der Waals surface area contributed by atoms with Crippen LogP contribution in [0.2, 0.25) is 0 Å². The number of nitrogens with one attached hydrogen (secondary N) is 1. The Balaban J connectivity index is 2.21. The van der Waals surface area contributed by atoms with E-state index in [0.29, 0.717) is 0 Å². The van der Waals surface area contributed by atoms with Crippen molar-refractivity contribution < 1.29 is 27.9 Å². The van der Waals surface area contributed by atoms with E-state index >= 15 is 0 Å². The zero-order valence-electron chi connectivity index (χ0n) is 10.3. The summed E-state index contributed by atoms with van der Waals surface area (Å²) in [6.07, 6.45) is 0.278. The second kappa shape index (κ2) is 7.04. The first-order valence-electron chi connectivity index (χ1n) is 5.32. The Bertz CT molecular complexity index is 513. The predicted molar refractivity (Wildman–Crippen MR) is 61.3 cm³/mol. The first kappa shape index (κ1) is 14.6. The van der Waals surface area contributed by atoms with Crippen LogP contribution < -0.4 is 11.1 Å². The summed E-state index contributed by atoms with van der Waals surface area (Å²) in [5.41, 5.74) is 0. The molecule has 0 atom stereocenters. The molecule has 0 fully saturated rings. The molecule has 0 aromatic carbocycles. The number of aryl methyl sites for hydroxylation is 1. The molecule has 104 valence electrons. The average molecular weight is 271 g/mol. The van der Waals surface area contributed by atoms with E-state index in [1.54, 1.807) is 0 Å². The summed E-state index contributed by atoms with van der Waals surface area (Å²) in [4.78, 5) is 32.6. The SMILES string of the molecule is C=CC(=O)OCCNC(=O)OCc1oc(=O)oc1C. The topological polar surface area (TPSA) is 108 Å². The number of esters is 1. The molecule has 1 amide bonds. The van der Waals surface area contributed by atoms with Crippen molar-refractivity contribution in [2.75, 3.05) is 13.2 Å². The lowest BCUT2D eigenvalue weighted by atomic mass is 10.4. The third-order valence-corrected chi connectivity index (χ3v) is 1.95. The van der Waals surface area contributed by atoms with Crippen molar-refractivity contribution in [1.29, 1.82) is 0 Å². The van der Waals surface area contributed by atoms with Crippen LogP contribution in [0.15, 0.2) is 26.3 Å². The molecule has 0 bridgehead atoms. The fraction of sp³-hybridized carbons (Fsp3) is 0.364. The first-order valence-corrected chi connectivity index (χ1v) is 5.32. The second-order valence-electron chi connectivity index (χ2n) is 3.31. The maximum atomic E-state index is 11.2. The van der Waals surface area contributed by atoms with Crippen LogP contribution in [-0.4, -0.2) is 25.2 Å². The average Bonchev–Trinajstić information content (AvgIpc) is 2.70. The van der Waals surface area contributed by atoms with Crippen molar-refractivity contribution >= 4 is 12.1 Å². The fourth-order valence-electron chi connectivity index (χ4n) is 1.05. The summed E-state index contributed by atoms with van der Waals surface area (Å²) in [6.45, 7) is 4.59. The molecule has 0 spiro atoms. The monoisotopic (exact) mass is 271 g/mol. The molecule has 1 aromatic heterocycles. The van der Waals surface area contributed by atoms with Gasteiger partial charge < -0.3 is 23.6 Å². The van der Waals surface area contributed by atoms with Gasteiger partial charge in [-0.15, -0.1) is 0 Å². The maximum absolute atomic E-state index is 11.2. The number of ether oxygens (including phenoxy) is 2. The van der Waals surface area contributed by atoms with E-state index in [-0.39, 0.29) is 31.3 Å². The van der Waals surface area contributed by atoms with Gasteiger partial charge in [0, 0.05) is 6.08 Å². The normalized spacial score (nSPS) is 9.74. The van der Waals surface area contributed by atoms with Gasteiger partial charge >= 0.3 is 17.9 Å². The van der Waals surface area contributed by atoms with Crippen LogP contribution in [0.1, 0.15) is 11.5 Å². The zero-order valence-corrected chi connectivity index (χ0v) is 10.3. The van der Waals surface area contributed by atoms with Gasteiger partial charge in [0.05, 0.1) is 6.54 Å². The smallest absolute Gasteiger partial charge is 0.461 e. The lowest BCUT2D eigenvalue weighted by Gasteiger charge is -2.05. The van der Waals surface area contributed by atoms with Gasteiger partial charge in [-0.3, -0.25) is 0 Å². The third kappa shape index (κ3) is 5.11. The highest BCUT2D eigenvalue weighted by Crippen LogP contribution is 2.06. The third-order valence-electron chi connectivity index (χ3n) is 1.95. The minimum Gasteiger partial charge on any atom is -0.461 e. The molecular formula is C11H13NO7. The summed E-state index contributed by atoms with van der Waals surface area (Å²) >= 11 is 0. The predicted octanol–water partition coefficient (Wildman–Crippen LogP) is 0.497. The Kier molecular flexibility index (Phi) is 5.39. The highest BCUT2D eigenvalue weighted by molar-refractivity contribution is 5.81. The molecule has 0 unspecified atom stereocenters.